The van der Waals surface area contributed by atoms with Gasteiger partial charge in [0.15, 0.2) is 0 Å². The molecule has 2 aromatic carbocycles. The molecule has 36 heavy (non-hydrogen) atoms. The van der Waals surface area contributed by atoms with Gasteiger partial charge in [0, 0.05) is 11.4 Å². The van der Waals surface area contributed by atoms with Crippen LogP contribution in [0, 0.1) is 13.8 Å². The van der Waals surface area contributed by atoms with E-state index in [1.807, 2.05) is 63.2 Å². The van der Waals surface area contributed by atoms with E-state index >= 15 is 0 Å². The molecule has 2 amide bonds. The summed E-state index contributed by atoms with van der Waals surface area (Å²) in [6.07, 6.45) is 3.73. The lowest BCUT2D eigenvalue weighted by atomic mass is 9.78. The van der Waals surface area contributed by atoms with Gasteiger partial charge in [-0.15, -0.1) is 0 Å². The van der Waals surface area contributed by atoms with Crippen molar-refractivity contribution in [1.29, 1.82) is 0 Å². The molecule has 0 atom stereocenters. The van der Waals surface area contributed by atoms with E-state index in [2.05, 4.69) is 20.8 Å². The van der Waals surface area contributed by atoms with Crippen LogP contribution < -0.4 is 20.7 Å². The summed E-state index contributed by atoms with van der Waals surface area (Å²) in [5.41, 5.74) is 8.08. The van der Waals surface area contributed by atoms with Crippen LogP contribution in [0.15, 0.2) is 42.5 Å². The molecule has 4 rings (SSSR count). The van der Waals surface area contributed by atoms with Crippen LogP contribution in [0.4, 0.5) is 17.3 Å². The van der Waals surface area contributed by atoms with E-state index in [1.54, 1.807) is 4.90 Å². The van der Waals surface area contributed by atoms with Crippen molar-refractivity contribution in [2.75, 3.05) is 22.6 Å². The molecular weight excluding hydrogens is 458 g/mol. The summed E-state index contributed by atoms with van der Waals surface area (Å²) in [5.74, 6) is 0.201. The number of amides is 2. The third-order valence-electron chi connectivity index (χ3n) is 6.75. The molecule has 0 radical (unpaired) electrons. The Hall–Kier alpha value is -3.95. The molecule has 1 aromatic heterocycles. The van der Waals surface area contributed by atoms with E-state index < -0.39 is 5.54 Å². The summed E-state index contributed by atoms with van der Waals surface area (Å²) >= 11 is 0. The fourth-order valence-corrected chi connectivity index (χ4v) is 4.94. The number of nitrogens with zero attached hydrogens (tertiary/aromatic N) is 5. The number of carbonyl (C=O) groups excluding carboxylic acids is 2. The second kappa shape index (κ2) is 10.8. The van der Waals surface area contributed by atoms with Gasteiger partial charge in [0.25, 0.3) is 5.91 Å². The number of nitrogens with one attached hydrogen (secondary N) is 1. The summed E-state index contributed by atoms with van der Waals surface area (Å²) < 4.78 is 6.84. The molecule has 0 bridgehead atoms. The Balaban J connectivity index is 1.78. The van der Waals surface area contributed by atoms with Crippen molar-refractivity contribution in [3.8, 4) is 5.75 Å². The highest BCUT2D eigenvalue weighted by molar-refractivity contribution is 6.08. The van der Waals surface area contributed by atoms with Crippen LogP contribution >= 0.6 is 0 Å². The zero-order valence-corrected chi connectivity index (χ0v) is 21.0. The lowest BCUT2D eigenvalue weighted by Gasteiger charge is -2.45. The summed E-state index contributed by atoms with van der Waals surface area (Å²) in [7, 11) is 0. The molecule has 1 aliphatic carbocycles. The summed E-state index contributed by atoms with van der Waals surface area (Å²) in [6.45, 7) is 6.18. The van der Waals surface area contributed by atoms with Gasteiger partial charge in [-0.25, -0.2) is 4.68 Å². The van der Waals surface area contributed by atoms with Crippen LogP contribution in [-0.2, 0) is 16.1 Å². The Morgan fingerprint density at radius 2 is 1.75 bits per heavy atom. The summed E-state index contributed by atoms with van der Waals surface area (Å²) in [4.78, 5) is 29.7. The molecule has 0 spiro atoms. The molecule has 190 valence electrons. The highest BCUT2D eigenvalue weighted by Crippen LogP contribution is 2.39. The molecule has 0 unspecified atom stereocenters. The molecular formula is C26H33N7O3. The number of nitrogens with two attached hydrogens (primary N) is 1. The number of hydrogen-bond acceptors (Lipinski definition) is 7. The van der Waals surface area contributed by atoms with Gasteiger partial charge in [0.1, 0.15) is 17.8 Å². The SMILES string of the molecule is CCOc1ccc(N(C(=O)Cn2nnnc2N)C2(C(=O)Nc3c(C)cccc3C)CCCCC2)cc1. The number of tetrazole rings is 1. The van der Waals surface area contributed by atoms with Crippen molar-refractivity contribution in [2.24, 2.45) is 0 Å². The molecule has 1 saturated carbocycles. The van der Waals surface area contributed by atoms with Gasteiger partial charge in [-0.3, -0.25) is 14.5 Å². The molecule has 1 aliphatic rings. The van der Waals surface area contributed by atoms with Gasteiger partial charge in [0.05, 0.1) is 6.61 Å². The third-order valence-corrected chi connectivity index (χ3v) is 6.75. The average molecular weight is 492 g/mol. The maximum absolute atomic E-state index is 14.2. The first-order valence-corrected chi connectivity index (χ1v) is 12.3. The minimum absolute atomic E-state index is 0.0349. The first-order valence-electron chi connectivity index (χ1n) is 12.3. The van der Waals surface area contributed by atoms with E-state index in [9.17, 15) is 9.59 Å². The second-order valence-electron chi connectivity index (χ2n) is 9.16. The smallest absolute Gasteiger partial charge is 0.250 e. The normalized spacial score (nSPS) is 14.8. The van der Waals surface area contributed by atoms with E-state index in [-0.39, 0.29) is 24.3 Å². The van der Waals surface area contributed by atoms with Crippen LogP contribution in [0.1, 0.15) is 50.2 Å². The van der Waals surface area contributed by atoms with Crippen molar-refractivity contribution in [3.63, 3.8) is 0 Å². The van der Waals surface area contributed by atoms with Gasteiger partial charge < -0.3 is 15.8 Å². The zero-order valence-electron chi connectivity index (χ0n) is 21.0. The van der Waals surface area contributed by atoms with Crippen LogP contribution in [0.3, 0.4) is 0 Å². The number of aromatic nitrogens is 4. The lowest BCUT2D eigenvalue weighted by molar-refractivity contribution is -0.128. The van der Waals surface area contributed by atoms with Crippen LogP contribution in [0.5, 0.6) is 5.75 Å². The molecule has 3 N–H and O–H groups in total. The van der Waals surface area contributed by atoms with Gasteiger partial charge in [0.2, 0.25) is 11.9 Å². The number of nitrogen functional groups attached to an aromatic ring is 1. The number of para-hydroxylation sites is 1. The summed E-state index contributed by atoms with van der Waals surface area (Å²) in [5, 5.41) is 14.2. The number of rotatable bonds is 8. The molecule has 0 saturated heterocycles. The predicted octanol–water partition coefficient (Wildman–Crippen LogP) is 3.65. The number of aryl methyl sites for hydroxylation is 2. The Kier molecular flexibility index (Phi) is 7.52. The topological polar surface area (TPSA) is 128 Å². The Morgan fingerprint density at radius 1 is 1.08 bits per heavy atom. The monoisotopic (exact) mass is 491 g/mol. The van der Waals surface area contributed by atoms with Crippen molar-refractivity contribution < 1.29 is 14.3 Å². The molecule has 1 heterocycles. The van der Waals surface area contributed by atoms with Crippen molar-refractivity contribution >= 4 is 29.1 Å². The Labute approximate surface area is 210 Å². The lowest BCUT2D eigenvalue weighted by Crippen LogP contribution is -2.61. The van der Waals surface area contributed by atoms with Crippen molar-refractivity contribution in [2.45, 2.75) is 65.0 Å². The maximum atomic E-state index is 14.2. The molecule has 0 aliphatic heterocycles. The number of hydrogen-bond donors (Lipinski definition) is 2. The van der Waals surface area contributed by atoms with E-state index in [1.165, 1.54) is 4.68 Å². The number of ether oxygens (including phenoxy) is 1. The summed E-state index contributed by atoms with van der Waals surface area (Å²) in [6, 6.07) is 13.1. The molecule has 3 aromatic rings. The van der Waals surface area contributed by atoms with Crippen molar-refractivity contribution in [1.82, 2.24) is 20.2 Å². The molecule has 10 heteroatoms. The molecule has 10 nitrogen and oxygen atoms in total. The largest absolute Gasteiger partial charge is 0.494 e. The van der Waals surface area contributed by atoms with Crippen LogP contribution in [0.25, 0.3) is 0 Å². The highest BCUT2D eigenvalue weighted by atomic mass is 16.5. The number of benzene rings is 2. The van der Waals surface area contributed by atoms with Gasteiger partial charge in [-0.2, -0.15) is 0 Å². The zero-order chi connectivity index (χ0) is 25.7. The standard InChI is InChI=1S/C26H33N7O3/c1-4-36-21-13-11-20(12-14-21)33(22(34)17-32-25(27)29-30-31-32)26(15-6-5-7-16-26)24(35)28-23-18(2)9-8-10-19(23)3/h8-14H,4-7,15-17H2,1-3H3,(H,28,35)(H2,27,29,31). The predicted molar refractivity (Wildman–Crippen MR) is 138 cm³/mol. The molecule has 1 fully saturated rings. The quantitative estimate of drug-likeness (QED) is 0.492. The Morgan fingerprint density at radius 3 is 2.33 bits per heavy atom. The van der Waals surface area contributed by atoms with E-state index in [0.717, 1.165) is 36.1 Å². The first-order chi connectivity index (χ1) is 17.4. The van der Waals surface area contributed by atoms with Gasteiger partial charge in [-0.1, -0.05) is 42.6 Å². The van der Waals surface area contributed by atoms with Gasteiger partial charge in [-0.05, 0) is 79.4 Å². The third kappa shape index (κ3) is 5.02. The average Bonchev–Trinajstić information content (AvgIpc) is 3.27. The fourth-order valence-electron chi connectivity index (χ4n) is 4.94. The minimum atomic E-state index is -1.08. The fraction of sp³-hybridized carbons (Fsp3) is 0.423. The van der Waals surface area contributed by atoms with Crippen LogP contribution in [-0.4, -0.2) is 44.2 Å². The minimum Gasteiger partial charge on any atom is -0.494 e. The number of anilines is 3. The van der Waals surface area contributed by atoms with Gasteiger partial charge >= 0.3 is 0 Å². The van der Waals surface area contributed by atoms with Crippen LogP contribution in [0.2, 0.25) is 0 Å². The second-order valence-corrected chi connectivity index (χ2v) is 9.16. The van der Waals surface area contributed by atoms with E-state index in [0.29, 0.717) is 30.9 Å². The highest BCUT2D eigenvalue weighted by Gasteiger charge is 2.48. The Bertz CT molecular complexity index is 1200. The van der Waals surface area contributed by atoms with Crippen molar-refractivity contribution in [3.05, 3.63) is 53.6 Å². The maximum Gasteiger partial charge on any atom is 0.250 e. The number of carbonyl (C=O) groups is 2. The first kappa shape index (κ1) is 25.2. The van der Waals surface area contributed by atoms with E-state index in [4.69, 9.17) is 10.5 Å².